The molecule has 0 saturated heterocycles. The SMILES string of the molecule is C[NH+]1CC=C(NNC(=O)c2cc(Br)ccc2O)CC1. The van der Waals surface area contributed by atoms with Gasteiger partial charge in [0.05, 0.1) is 25.7 Å². The summed E-state index contributed by atoms with van der Waals surface area (Å²) in [4.78, 5) is 13.4. The van der Waals surface area contributed by atoms with Crippen LogP contribution in [0.15, 0.2) is 34.4 Å². The molecule has 1 unspecified atom stereocenters. The van der Waals surface area contributed by atoms with Crippen molar-refractivity contribution in [2.75, 3.05) is 20.1 Å². The predicted octanol–water partition coefficient (Wildman–Crippen LogP) is 0.191. The van der Waals surface area contributed by atoms with Crippen LogP contribution in [0.5, 0.6) is 5.75 Å². The molecule has 0 fully saturated rings. The van der Waals surface area contributed by atoms with Crippen molar-refractivity contribution in [1.82, 2.24) is 10.9 Å². The summed E-state index contributed by atoms with van der Waals surface area (Å²) in [7, 11) is 2.13. The largest absolute Gasteiger partial charge is 0.507 e. The van der Waals surface area contributed by atoms with Crippen LogP contribution in [-0.4, -0.2) is 31.2 Å². The molecule has 1 aromatic carbocycles. The maximum absolute atomic E-state index is 11.9. The van der Waals surface area contributed by atoms with E-state index in [1.165, 1.54) is 11.0 Å². The normalized spacial score (nSPS) is 18.6. The summed E-state index contributed by atoms with van der Waals surface area (Å²) >= 11 is 3.27. The number of carbonyl (C=O) groups is 1. The molecule has 1 aliphatic rings. The molecular weight excluding hydrogens is 310 g/mol. The topological polar surface area (TPSA) is 65.8 Å². The lowest BCUT2D eigenvalue weighted by Crippen LogP contribution is -3.09. The number of hydrazine groups is 1. The Bertz CT molecular complexity index is 517. The molecule has 2 rings (SSSR count). The van der Waals surface area contributed by atoms with E-state index in [-0.39, 0.29) is 17.2 Å². The highest BCUT2D eigenvalue weighted by Crippen LogP contribution is 2.21. The fourth-order valence-electron chi connectivity index (χ4n) is 1.86. The highest BCUT2D eigenvalue weighted by Gasteiger charge is 2.14. The number of nitrogens with one attached hydrogen (secondary N) is 3. The molecule has 1 aliphatic heterocycles. The van der Waals surface area contributed by atoms with Gasteiger partial charge in [-0.1, -0.05) is 15.9 Å². The summed E-state index contributed by atoms with van der Waals surface area (Å²) in [5.41, 5.74) is 6.76. The van der Waals surface area contributed by atoms with Crippen molar-refractivity contribution >= 4 is 21.8 Å². The molecule has 0 radical (unpaired) electrons. The van der Waals surface area contributed by atoms with E-state index in [4.69, 9.17) is 0 Å². The van der Waals surface area contributed by atoms with Crippen LogP contribution in [0.2, 0.25) is 0 Å². The lowest BCUT2D eigenvalue weighted by atomic mass is 10.2. The molecule has 1 amide bonds. The van der Waals surface area contributed by atoms with E-state index in [0.717, 1.165) is 29.7 Å². The second kappa shape index (κ2) is 6.08. The number of phenols is 1. The first-order valence-electron chi connectivity index (χ1n) is 6.11. The number of quaternary nitrogens is 1. The summed E-state index contributed by atoms with van der Waals surface area (Å²) in [5.74, 6) is -0.393. The number of phenolic OH excluding ortho intramolecular Hbond substituents is 1. The molecule has 1 atom stereocenters. The Morgan fingerprint density at radius 2 is 2.26 bits per heavy atom. The van der Waals surface area contributed by atoms with Crippen LogP contribution < -0.4 is 15.8 Å². The first-order chi connectivity index (χ1) is 9.06. The number of hydrogen-bond donors (Lipinski definition) is 4. The van der Waals surface area contributed by atoms with Gasteiger partial charge in [-0.05, 0) is 24.3 Å². The van der Waals surface area contributed by atoms with E-state index in [1.54, 1.807) is 12.1 Å². The van der Waals surface area contributed by atoms with E-state index < -0.39 is 0 Å². The van der Waals surface area contributed by atoms with Gasteiger partial charge >= 0.3 is 0 Å². The third kappa shape index (κ3) is 3.71. The Balaban J connectivity index is 1.96. The first-order valence-corrected chi connectivity index (χ1v) is 6.91. The van der Waals surface area contributed by atoms with E-state index in [0.29, 0.717) is 0 Å². The molecule has 19 heavy (non-hydrogen) atoms. The number of aromatic hydroxyl groups is 1. The minimum absolute atomic E-state index is 0.0377. The standard InChI is InChI=1S/C13H16BrN3O2/c1-17-6-4-10(5-7-17)15-16-13(19)11-8-9(14)2-3-12(11)18/h2-4,8,15,18H,5-7H2,1H3,(H,16,19)/p+1. The van der Waals surface area contributed by atoms with Crippen molar-refractivity contribution in [3.8, 4) is 5.75 Å². The second-order valence-corrected chi connectivity index (χ2v) is 5.55. The van der Waals surface area contributed by atoms with Crippen molar-refractivity contribution in [3.05, 3.63) is 40.0 Å². The lowest BCUT2D eigenvalue weighted by molar-refractivity contribution is -0.875. The third-order valence-corrected chi connectivity index (χ3v) is 3.55. The molecule has 0 spiro atoms. The van der Waals surface area contributed by atoms with Crippen molar-refractivity contribution in [3.63, 3.8) is 0 Å². The van der Waals surface area contributed by atoms with Gasteiger partial charge in [-0.3, -0.25) is 10.2 Å². The Morgan fingerprint density at radius 3 is 2.95 bits per heavy atom. The lowest BCUT2D eigenvalue weighted by Gasteiger charge is -2.20. The van der Waals surface area contributed by atoms with Gasteiger partial charge < -0.3 is 15.4 Å². The van der Waals surface area contributed by atoms with Gasteiger partial charge in [0, 0.05) is 16.6 Å². The molecule has 0 aliphatic carbocycles. The van der Waals surface area contributed by atoms with Crippen molar-refractivity contribution < 1.29 is 14.8 Å². The van der Waals surface area contributed by atoms with Crippen molar-refractivity contribution in [1.29, 1.82) is 0 Å². The first kappa shape index (κ1) is 13.9. The quantitative estimate of drug-likeness (QED) is 0.600. The number of likely N-dealkylation sites (N-methyl/N-ethyl adjacent to an activating group) is 1. The van der Waals surface area contributed by atoms with Gasteiger partial charge in [0.2, 0.25) is 0 Å². The van der Waals surface area contributed by atoms with E-state index >= 15 is 0 Å². The number of hydrogen-bond acceptors (Lipinski definition) is 3. The van der Waals surface area contributed by atoms with Crippen LogP contribution in [0, 0.1) is 0 Å². The van der Waals surface area contributed by atoms with Crippen LogP contribution in [-0.2, 0) is 0 Å². The molecule has 1 heterocycles. The van der Waals surface area contributed by atoms with Gasteiger partial charge in [0.15, 0.2) is 0 Å². The number of carbonyl (C=O) groups excluding carboxylic acids is 1. The van der Waals surface area contributed by atoms with Gasteiger partial charge in [-0.15, -0.1) is 0 Å². The van der Waals surface area contributed by atoms with Gasteiger partial charge in [-0.25, -0.2) is 0 Å². The fourth-order valence-corrected chi connectivity index (χ4v) is 2.22. The summed E-state index contributed by atoms with van der Waals surface area (Å²) in [6.45, 7) is 1.98. The van der Waals surface area contributed by atoms with Crippen molar-refractivity contribution in [2.45, 2.75) is 6.42 Å². The molecule has 4 N–H and O–H groups in total. The number of halogens is 1. The Hall–Kier alpha value is -1.53. The molecular formula is C13H17BrN3O2+. The van der Waals surface area contributed by atoms with E-state index in [1.807, 2.05) is 0 Å². The van der Waals surface area contributed by atoms with E-state index in [2.05, 4.69) is 39.9 Å². The summed E-state index contributed by atoms with van der Waals surface area (Å²) < 4.78 is 0.748. The van der Waals surface area contributed by atoms with Gasteiger partial charge in [0.25, 0.3) is 5.91 Å². The fraction of sp³-hybridized carbons (Fsp3) is 0.308. The minimum atomic E-state index is -0.356. The third-order valence-electron chi connectivity index (χ3n) is 3.06. The monoisotopic (exact) mass is 326 g/mol. The number of rotatable bonds is 3. The van der Waals surface area contributed by atoms with Gasteiger partial charge in [0.1, 0.15) is 5.75 Å². The highest BCUT2D eigenvalue weighted by atomic mass is 79.9. The summed E-state index contributed by atoms with van der Waals surface area (Å²) in [5, 5.41) is 9.65. The molecule has 102 valence electrons. The zero-order valence-corrected chi connectivity index (χ0v) is 12.3. The Kier molecular flexibility index (Phi) is 4.44. The average molecular weight is 327 g/mol. The average Bonchev–Trinajstić information content (AvgIpc) is 2.40. The van der Waals surface area contributed by atoms with E-state index in [9.17, 15) is 9.90 Å². The predicted molar refractivity (Wildman–Crippen MR) is 75.7 cm³/mol. The zero-order chi connectivity index (χ0) is 13.8. The molecule has 0 bridgehead atoms. The zero-order valence-electron chi connectivity index (χ0n) is 10.7. The number of amides is 1. The van der Waals surface area contributed by atoms with Crippen molar-refractivity contribution in [2.24, 2.45) is 0 Å². The van der Waals surface area contributed by atoms with Crippen LogP contribution >= 0.6 is 15.9 Å². The molecule has 6 heteroatoms. The highest BCUT2D eigenvalue weighted by molar-refractivity contribution is 9.10. The maximum atomic E-state index is 11.9. The number of benzene rings is 1. The molecule has 5 nitrogen and oxygen atoms in total. The molecule has 1 aromatic rings. The Labute approximate surface area is 120 Å². The second-order valence-electron chi connectivity index (χ2n) is 4.63. The molecule has 0 aromatic heterocycles. The smallest absolute Gasteiger partial charge is 0.273 e. The summed E-state index contributed by atoms with van der Waals surface area (Å²) in [6.07, 6.45) is 2.97. The van der Waals surface area contributed by atoms with Crippen LogP contribution in [0.1, 0.15) is 16.8 Å². The van der Waals surface area contributed by atoms with Gasteiger partial charge in [-0.2, -0.15) is 0 Å². The molecule has 0 saturated carbocycles. The minimum Gasteiger partial charge on any atom is -0.507 e. The maximum Gasteiger partial charge on any atom is 0.273 e. The Morgan fingerprint density at radius 1 is 1.47 bits per heavy atom. The van der Waals surface area contributed by atoms with Crippen LogP contribution in [0.25, 0.3) is 0 Å². The van der Waals surface area contributed by atoms with Crippen LogP contribution in [0.3, 0.4) is 0 Å². The van der Waals surface area contributed by atoms with Crippen LogP contribution in [0.4, 0.5) is 0 Å². The summed E-state index contributed by atoms with van der Waals surface area (Å²) in [6, 6.07) is 4.75.